The Labute approximate surface area is 341 Å². The molecule has 4 aromatic rings. The van der Waals surface area contributed by atoms with Gasteiger partial charge in [-0.2, -0.15) is 0 Å². The number of carbonyl (C=O) groups excluding carboxylic acids is 4. The van der Waals surface area contributed by atoms with Gasteiger partial charge in [0.2, 0.25) is 17.7 Å². The average Bonchev–Trinajstić information content (AvgIpc) is 3.23. The molecule has 58 heavy (non-hydrogen) atoms. The van der Waals surface area contributed by atoms with Gasteiger partial charge in [-0.25, -0.2) is 4.79 Å². The quantitative estimate of drug-likeness (QED) is 0.0403. The number of rotatable bonds is 23. The number of aliphatic hydroxyl groups excluding tert-OH is 1. The van der Waals surface area contributed by atoms with Crippen molar-refractivity contribution >= 4 is 29.4 Å². The van der Waals surface area contributed by atoms with Gasteiger partial charge in [-0.15, -0.1) is 0 Å². The number of primary amides is 1. The Balaban J connectivity index is 1.53. The van der Waals surface area contributed by atoms with Crippen molar-refractivity contribution in [1.82, 2.24) is 16.0 Å². The van der Waals surface area contributed by atoms with Crippen LogP contribution in [0.25, 0.3) is 0 Å². The molecule has 4 rings (SSSR count). The van der Waals surface area contributed by atoms with Crippen molar-refractivity contribution in [2.45, 2.75) is 76.7 Å². The number of hydrogen-bond donors (Lipinski definition) is 6. The second-order valence-electron chi connectivity index (χ2n) is 14.3. The number of urea groups is 1. The molecule has 0 radical (unpaired) electrons. The van der Waals surface area contributed by atoms with Crippen LogP contribution in [-0.4, -0.2) is 68.3 Å². The van der Waals surface area contributed by atoms with Crippen molar-refractivity contribution in [3.63, 3.8) is 0 Å². The predicted molar refractivity (Wildman–Crippen MR) is 223 cm³/mol. The molecule has 0 fully saturated rings. The third kappa shape index (κ3) is 12.8. The second-order valence-corrected chi connectivity index (χ2v) is 14.3. The zero-order valence-electron chi connectivity index (χ0n) is 33.8. The fourth-order valence-corrected chi connectivity index (χ4v) is 6.58. The Morgan fingerprint density at radius 1 is 0.707 bits per heavy atom. The lowest BCUT2D eigenvalue weighted by molar-refractivity contribution is -0.132. The first kappa shape index (κ1) is 44.8. The van der Waals surface area contributed by atoms with E-state index in [9.17, 15) is 19.2 Å². The minimum Gasteiger partial charge on any atom is -0.497 e. The van der Waals surface area contributed by atoms with E-state index in [1.807, 2.05) is 105 Å². The van der Waals surface area contributed by atoms with Gasteiger partial charge in [0, 0.05) is 25.3 Å². The first-order valence-electron chi connectivity index (χ1n) is 19.6. The standard InChI is InChI=1S/C45H57N5O8/c1-31(2)41(50-40(52)15-9-6-10-29-51)43(54)49-39(14-11-28-47-44(46)55)42(53)48-36-22-16-32(17-23-36)30-58-45(33-12-7-5-8-13-33,34-18-24-37(56-3)25-19-34)35-20-26-38(57-4)27-21-35/h5,7-8,12-13,16-27,31,39,41,51H,6,9-11,14-15,28-30H2,1-4H3,(H,48,53)(H,49,54)(H,50,52)(H3,46,47,55)/t39-,41-/m0/s1. The van der Waals surface area contributed by atoms with Crippen molar-refractivity contribution in [2.75, 3.05) is 32.7 Å². The Bertz CT molecular complexity index is 1840. The first-order valence-corrected chi connectivity index (χ1v) is 19.6. The number of carbonyl (C=O) groups is 4. The Hall–Kier alpha value is -5.92. The van der Waals surface area contributed by atoms with E-state index in [2.05, 4.69) is 21.3 Å². The number of hydrogen-bond acceptors (Lipinski definition) is 8. The van der Waals surface area contributed by atoms with Crippen LogP contribution in [0.2, 0.25) is 0 Å². The largest absolute Gasteiger partial charge is 0.497 e. The zero-order chi connectivity index (χ0) is 41.9. The molecule has 0 aliphatic carbocycles. The van der Waals surface area contributed by atoms with E-state index in [-0.39, 0.29) is 44.4 Å². The molecule has 0 heterocycles. The summed E-state index contributed by atoms with van der Waals surface area (Å²) in [6, 6.07) is 30.3. The molecule has 0 saturated heterocycles. The van der Waals surface area contributed by atoms with E-state index in [1.165, 1.54) is 0 Å². The molecule has 0 aromatic heterocycles. The normalized spacial score (nSPS) is 12.2. The third-order valence-electron chi connectivity index (χ3n) is 9.78. The lowest BCUT2D eigenvalue weighted by Gasteiger charge is -2.36. The maximum Gasteiger partial charge on any atom is 0.312 e. The number of anilines is 1. The van der Waals surface area contributed by atoms with Crippen LogP contribution < -0.4 is 36.5 Å². The fraction of sp³-hybridized carbons (Fsp3) is 0.378. The van der Waals surface area contributed by atoms with E-state index < -0.39 is 35.5 Å². The van der Waals surface area contributed by atoms with Crippen molar-refractivity contribution < 1.29 is 38.5 Å². The second kappa shape index (κ2) is 22.7. The van der Waals surface area contributed by atoms with E-state index in [1.54, 1.807) is 26.4 Å². The smallest absolute Gasteiger partial charge is 0.312 e. The monoisotopic (exact) mass is 795 g/mol. The summed E-state index contributed by atoms with van der Waals surface area (Å²) in [6.07, 6.45) is 2.65. The molecule has 0 bridgehead atoms. The molecule has 0 aliphatic heterocycles. The highest BCUT2D eigenvalue weighted by molar-refractivity contribution is 5.98. The molecule has 7 N–H and O–H groups in total. The summed E-state index contributed by atoms with van der Waals surface area (Å²) in [4.78, 5) is 51.1. The van der Waals surface area contributed by atoms with Gasteiger partial charge in [0.15, 0.2) is 0 Å². The molecular weight excluding hydrogens is 739 g/mol. The molecule has 0 spiro atoms. The van der Waals surface area contributed by atoms with Gasteiger partial charge in [-0.3, -0.25) is 14.4 Å². The average molecular weight is 796 g/mol. The molecule has 13 heteroatoms. The molecule has 13 nitrogen and oxygen atoms in total. The molecule has 2 atom stereocenters. The summed E-state index contributed by atoms with van der Waals surface area (Å²) in [6.45, 7) is 4.09. The van der Waals surface area contributed by atoms with Crippen LogP contribution in [0.5, 0.6) is 11.5 Å². The van der Waals surface area contributed by atoms with Gasteiger partial charge in [0.05, 0.1) is 20.8 Å². The maximum absolute atomic E-state index is 13.7. The van der Waals surface area contributed by atoms with Gasteiger partial charge in [0.1, 0.15) is 29.2 Å². The first-order chi connectivity index (χ1) is 28.0. The Morgan fingerprint density at radius 2 is 1.29 bits per heavy atom. The van der Waals surface area contributed by atoms with Crippen molar-refractivity contribution in [3.05, 3.63) is 125 Å². The summed E-state index contributed by atoms with van der Waals surface area (Å²) < 4.78 is 17.9. The lowest BCUT2D eigenvalue weighted by Crippen LogP contribution is -2.54. The molecule has 0 unspecified atom stereocenters. The van der Waals surface area contributed by atoms with Gasteiger partial charge < -0.3 is 46.3 Å². The molecular formula is C45H57N5O8. The van der Waals surface area contributed by atoms with Gasteiger partial charge in [-0.1, -0.05) is 87.0 Å². The van der Waals surface area contributed by atoms with Crippen molar-refractivity contribution in [2.24, 2.45) is 11.7 Å². The summed E-state index contributed by atoms with van der Waals surface area (Å²) in [5.74, 6) is -0.0610. The summed E-state index contributed by atoms with van der Waals surface area (Å²) >= 11 is 0. The fourth-order valence-electron chi connectivity index (χ4n) is 6.58. The Morgan fingerprint density at radius 3 is 1.83 bits per heavy atom. The third-order valence-corrected chi connectivity index (χ3v) is 9.78. The van der Waals surface area contributed by atoms with Crippen LogP contribution in [0.15, 0.2) is 103 Å². The number of unbranched alkanes of at least 4 members (excludes halogenated alkanes) is 2. The topological polar surface area (TPSA) is 190 Å². The van der Waals surface area contributed by atoms with E-state index in [4.69, 9.17) is 25.1 Å². The summed E-state index contributed by atoms with van der Waals surface area (Å²) in [7, 11) is 3.25. The zero-order valence-corrected chi connectivity index (χ0v) is 33.8. The number of methoxy groups -OCH3 is 2. The number of nitrogens with two attached hydrogens (primary N) is 1. The van der Waals surface area contributed by atoms with Crippen LogP contribution in [0.4, 0.5) is 10.5 Å². The van der Waals surface area contributed by atoms with Crippen LogP contribution in [0.3, 0.4) is 0 Å². The molecule has 4 aromatic carbocycles. The van der Waals surface area contributed by atoms with Crippen molar-refractivity contribution in [1.29, 1.82) is 0 Å². The highest BCUT2D eigenvalue weighted by atomic mass is 16.5. The predicted octanol–water partition coefficient (Wildman–Crippen LogP) is 5.78. The minimum atomic E-state index is -1.02. The number of benzene rings is 4. The van der Waals surface area contributed by atoms with E-state index in [0.29, 0.717) is 31.4 Å². The van der Waals surface area contributed by atoms with Crippen LogP contribution in [-0.2, 0) is 31.3 Å². The lowest BCUT2D eigenvalue weighted by atomic mass is 9.80. The maximum atomic E-state index is 13.7. The summed E-state index contributed by atoms with van der Waals surface area (Å²) in [5, 5.41) is 20.0. The van der Waals surface area contributed by atoms with Crippen LogP contribution in [0.1, 0.15) is 74.6 Å². The van der Waals surface area contributed by atoms with Gasteiger partial charge in [-0.05, 0) is 90.3 Å². The molecule has 0 saturated carbocycles. The number of nitrogens with one attached hydrogen (secondary N) is 4. The SMILES string of the molecule is COc1ccc(C(OCc2ccc(NC(=O)[C@H](CCCNC(N)=O)NC(=O)[C@@H](NC(=O)CCCCCO)C(C)C)cc2)(c2ccccc2)c2ccc(OC)cc2)cc1. The number of aliphatic hydroxyl groups is 1. The summed E-state index contributed by atoms with van der Waals surface area (Å²) in [5.41, 5.74) is 8.25. The van der Waals surface area contributed by atoms with Crippen LogP contribution >= 0.6 is 0 Å². The van der Waals surface area contributed by atoms with Crippen LogP contribution in [0, 0.1) is 5.92 Å². The van der Waals surface area contributed by atoms with E-state index in [0.717, 1.165) is 33.8 Å². The highest BCUT2D eigenvalue weighted by Gasteiger charge is 2.38. The van der Waals surface area contributed by atoms with Gasteiger partial charge >= 0.3 is 6.03 Å². The molecule has 310 valence electrons. The van der Waals surface area contributed by atoms with Crippen molar-refractivity contribution in [3.8, 4) is 11.5 Å². The van der Waals surface area contributed by atoms with E-state index >= 15 is 0 Å². The van der Waals surface area contributed by atoms with Gasteiger partial charge in [0.25, 0.3) is 0 Å². The number of ether oxygens (including phenoxy) is 3. The highest BCUT2D eigenvalue weighted by Crippen LogP contribution is 2.42. The number of amides is 5. The minimum absolute atomic E-state index is 0.0573. The molecule has 5 amide bonds. The molecule has 0 aliphatic rings. The Kier molecular flexibility index (Phi) is 17.6.